The summed E-state index contributed by atoms with van der Waals surface area (Å²) < 4.78 is 5.55. The van der Waals surface area contributed by atoms with Crippen LogP contribution in [0.25, 0.3) is 0 Å². The van der Waals surface area contributed by atoms with Crippen LogP contribution < -0.4 is 15.4 Å². The third-order valence-corrected chi connectivity index (χ3v) is 3.64. The lowest BCUT2D eigenvalue weighted by molar-refractivity contribution is -0.116. The number of rotatable bonds is 9. The zero-order valence-electron chi connectivity index (χ0n) is 14.5. The van der Waals surface area contributed by atoms with Crippen LogP contribution in [0.4, 0.5) is 5.69 Å². The summed E-state index contributed by atoms with van der Waals surface area (Å²) in [5.41, 5.74) is 3.05. The molecule has 0 unspecified atom stereocenters. The molecule has 0 radical (unpaired) electrons. The molecule has 130 valence electrons. The van der Waals surface area contributed by atoms with Gasteiger partial charge in [0, 0.05) is 30.8 Å². The van der Waals surface area contributed by atoms with Gasteiger partial charge in [0.15, 0.2) is 0 Å². The van der Waals surface area contributed by atoms with Gasteiger partial charge in [-0.3, -0.25) is 4.79 Å². The van der Waals surface area contributed by atoms with Gasteiger partial charge in [-0.05, 0) is 30.2 Å². The lowest BCUT2D eigenvalue weighted by atomic mass is 10.1. The maximum Gasteiger partial charge on any atom is 0.224 e. The van der Waals surface area contributed by atoms with Crippen LogP contribution in [0.2, 0.25) is 0 Å². The van der Waals surface area contributed by atoms with Gasteiger partial charge in [0.2, 0.25) is 5.91 Å². The van der Waals surface area contributed by atoms with Crippen LogP contribution in [0.1, 0.15) is 30.9 Å². The Morgan fingerprint density at radius 3 is 2.60 bits per heavy atom. The molecule has 2 rings (SSSR count). The molecule has 2 N–H and O–H groups in total. The molecule has 2 aromatic carbocycles. The minimum absolute atomic E-state index is 0.0527. The third-order valence-electron chi connectivity index (χ3n) is 3.64. The van der Waals surface area contributed by atoms with Crippen molar-refractivity contribution in [3.05, 3.63) is 59.7 Å². The number of carbonyl (C=O) groups is 1. The van der Waals surface area contributed by atoms with E-state index in [1.165, 1.54) is 0 Å². The summed E-state index contributed by atoms with van der Waals surface area (Å²) in [6.07, 6.45) is 6.64. The van der Waals surface area contributed by atoms with Crippen molar-refractivity contribution < 1.29 is 9.53 Å². The van der Waals surface area contributed by atoms with Crippen LogP contribution in [0.3, 0.4) is 0 Å². The third kappa shape index (κ3) is 6.33. The van der Waals surface area contributed by atoms with Crippen molar-refractivity contribution in [2.75, 3.05) is 11.9 Å². The van der Waals surface area contributed by atoms with Crippen LogP contribution in [0, 0.1) is 12.3 Å². The zero-order valence-corrected chi connectivity index (χ0v) is 14.5. The maximum absolute atomic E-state index is 11.6. The van der Waals surface area contributed by atoms with Crippen molar-refractivity contribution in [2.45, 2.75) is 32.9 Å². The Balaban J connectivity index is 1.84. The van der Waals surface area contributed by atoms with E-state index in [0.29, 0.717) is 13.0 Å². The van der Waals surface area contributed by atoms with E-state index in [2.05, 4.69) is 16.6 Å². The molecule has 0 saturated carbocycles. The van der Waals surface area contributed by atoms with Crippen molar-refractivity contribution in [2.24, 2.45) is 0 Å². The summed E-state index contributed by atoms with van der Waals surface area (Å²) in [7, 11) is 0. The molecule has 0 aliphatic heterocycles. The van der Waals surface area contributed by atoms with Gasteiger partial charge in [-0.15, -0.1) is 6.42 Å². The first-order chi connectivity index (χ1) is 12.2. The van der Waals surface area contributed by atoms with E-state index >= 15 is 0 Å². The second-order valence-electron chi connectivity index (χ2n) is 5.70. The predicted octanol–water partition coefficient (Wildman–Crippen LogP) is 3.73. The predicted molar refractivity (Wildman–Crippen MR) is 101 cm³/mol. The summed E-state index contributed by atoms with van der Waals surface area (Å²) >= 11 is 0. The second kappa shape index (κ2) is 10.2. The number of terminal acetylenes is 1. The first kappa shape index (κ1) is 18.6. The van der Waals surface area contributed by atoms with Crippen LogP contribution in [-0.4, -0.2) is 12.5 Å². The van der Waals surface area contributed by atoms with Crippen LogP contribution in [0.5, 0.6) is 5.75 Å². The molecular formula is C21H24N2O2. The minimum Gasteiger partial charge on any atom is -0.481 e. The van der Waals surface area contributed by atoms with Crippen molar-refractivity contribution in [3.63, 3.8) is 0 Å². The van der Waals surface area contributed by atoms with E-state index in [1.54, 1.807) is 0 Å². The zero-order chi connectivity index (χ0) is 17.9. The van der Waals surface area contributed by atoms with Gasteiger partial charge in [-0.2, -0.15) is 0 Å². The largest absolute Gasteiger partial charge is 0.481 e. The molecule has 0 heterocycles. The average molecular weight is 336 g/mol. The van der Waals surface area contributed by atoms with Gasteiger partial charge >= 0.3 is 0 Å². The molecule has 0 saturated heterocycles. The van der Waals surface area contributed by atoms with Gasteiger partial charge in [-0.1, -0.05) is 43.2 Å². The number of ether oxygens (including phenoxy) is 1. The highest BCUT2D eigenvalue weighted by molar-refractivity contribution is 5.90. The van der Waals surface area contributed by atoms with E-state index in [0.717, 1.165) is 35.5 Å². The fourth-order valence-corrected chi connectivity index (χ4v) is 2.41. The molecule has 0 aliphatic rings. The van der Waals surface area contributed by atoms with Crippen LogP contribution >= 0.6 is 0 Å². The maximum atomic E-state index is 11.6. The number of anilines is 1. The summed E-state index contributed by atoms with van der Waals surface area (Å²) in [6, 6.07) is 15.7. The minimum atomic E-state index is 0.0527. The molecule has 25 heavy (non-hydrogen) atoms. The molecule has 4 heteroatoms. The molecule has 0 bridgehead atoms. The standard InChI is InChI=1S/C21H24N2O2/c1-3-7-21(24)23-19-12-10-17(11-13-19)15-22-16-18-8-5-6-9-20(18)25-14-4-2/h2,5-6,8-13,22H,3,7,14-16H2,1H3,(H,23,24). The topological polar surface area (TPSA) is 50.4 Å². The Hall–Kier alpha value is -2.77. The smallest absolute Gasteiger partial charge is 0.224 e. The number of para-hydroxylation sites is 1. The molecule has 1 amide bonds. The SMILES string of the molecule is C#CCOc1ccccc1CNCc1ccc(NC(=O)CCC)cc1. The summed E-state index contributed by atoms with van der Waals surface area (Å²) in [5.74, 6) is 3.34. The Labute approximate surface area is 149 Å². The monoisotopic (exact) mass is 336 g/mol. The Morgan fingerprint density at radius 1 is 1.12 bits per heavy atom. The number of amides is 1. The van der Waals surface area contributed by atoms with Crippen molar-refractivity contribution in [1.29, 1.82) is 0 Å². The molecule has 0 aliphatic carbocycles. The Kier molecular flexibility index (Phi) is 7.55. The van der Waals surface area contributed by atoms with Gasteiger partial charge in [0.25, 0.3) is 0 Å². The molecule has 2 aromatic rings. The van der Waals surface area contributed by atoms with E-state index in [9.17, 15) is 4.79 Å². The average Bonchev–Trinajstić information content (AvgIpc) is 2.62. The van der Waals surface area contributed by atoms with Crippen LogP contribution in [0.15, 0.2) is 48.5 Å². The number of hydrogen-bond acceptors (Lipinski definition) is 3. The summed E-state index contributed by atoms with van der Waals surface area (Å²) in [4.78, 5) is 11.6. The fraction of sp³-hybridized carbons (Fsp3) is 0.286. The Morgan fingerprint density at radius 2 is 1.88 bits per heavy atom. The fourth-order valence-electron chi connectivity index (χ4n) is 2.41. The first-order valence-electron chi connectivity index (χ1n) is 8.46. The van der Waals surface area contributed by atoms with Gasteiger partial charge in [0.05, 0.1) is 0 Å². The molecule has 0 fully saturated rings. The molecular weight excluding hydrogens is 312 g/mol. The summed E-state index contributed by atoms with van der Waals surface area (Å²) in [6.45, 7) is 3.68. The molecule has 4 nitrogen and oxygen atoms in total. The lowest BCUT2D eigenvalue weighted by Crippen LogP contribution is -2.14. The number of carbonyl (C=O) groups excluding carboxylic acids is 1. The normalized spacial score (nSPS) is 10.1. The van der Waals surface area contributed by atoms with Crippen molar-refractivity contribution in [1.82, 2.24) is 5.32 Å². The summed E-state index contributed by atoms with van der Waals surface area (Å²) in [5, 5.41) is 6.28. The molecule has 0 spiro atoms. The highest BCUT2D eigenvalue weighted by Gasteiger charge is 2.03. The quantitative estimate of drug-likeness (QED) is 0.686. The highest BCUT2D eigenvalue weighted by atomic mass is 16.5. The van der Waals surface area contributed by atoms with Gasteiger partial charge < -0.3 is 15.4 Å². The van der Waals surface area contributed by atoms with Gasteiger partial charge in [-0.25, -0.2) is 0 Å². The van der Waals surface area contributed by atoms with Crippen molar-refractivity contribution in [3.8, 4) is 18.1 Å². The van der Waals surface area contributed by atoms with Gasteiger partial charge in [0.1, 0.15) is 12.4 Å². The highest BCUT2D eigenvalue weighted by Crippen LogP contribution is 2.18. The van der Waals surface area contributed by atoms with E-state index < -0.39 is 0 Å². The second-order valence-corrected chi connectivity index (χ2v) is 5.70. The van der Waals surface area contributed by atoms with E-state index in [4.69, 9.17) is 11.2 Å². The molecule has 0 aromatic heterocycles. The number of hydrogen-bond donors (Lipinski definition) is 2. The molecule has 0 atom stereocenters. The number of benzene rings is 2. The van der Waals surface area contributed by atoms with E-state index in [-0.39, 0.29) is 12.5 Å². The van der Waals surface area contributed by atoms with E-state index in [1.807, 2.05) is 55.5 Å². The first-order valence-corrected chi connectivity index (χ1v) is 8.46. The van der Waals surface area contributed by atoms with Crippen LogP contribution in [-0.2, 0) is 17.9 Å². The lowest BCUT2D eigenvalue weighted by Gasteiger charge is -2.11. The Bertz CT molecular complexity index is 717. The number of nitrogens with one attached hydrogen (secondary N) is 2. The van der Waals surface area contributed by atoms with Crippen molar-refractivity contribution >= 4 is 11.6 Å².